The SMILES string of the molecule is CC(C)OCCCNC(=O)c1ccc(CN2C(=O)COc3ccccc32)cc1. The molecule has 0 saturated carbocycles. The van der Waals surface area contributed by atoms with E-state index in [4.69, 9.17) is 9.47 Å². The molecule has 6 heteroatoms. The van der Waals surface area contributed by atoms with Crippen LogP contribution < -0.4 is 15.0 Å². The first-order valence-electron chi connectivity index (χ1n) is 9.55. The Morgan fingerprint density at radius 3 is 2.68 bits per heavy atom. The Balaban J connectivity index is 1.56. The van der Waals surface area contributed by atoms with Crippen molar-refractivity contribution in [1.82, 2.24) is 5.32 Å². The summed E-state index contributed by atoms with van der Waals surface area (Å²) in [6, 6.07) is 14.8. The van der Waals surface area contributed by atoms with Crippen LogP contribution in [0.3, 0.4) is 0 Å². The highest BCUT2D eigenvalue weighted by Crippen LogP contribution is 2.32. The second-order valence-electron chi connectivity index (χ2n) is 6.96. The first kappa shape index (κ1) is 19.9. The number of ether oxygens (including phenoxy) is 2. The Bertz CT molecular complexity index is 818. The van der Waals surface area contributed by atoms with Crippen LogP contribution in [0, 0.1) is 0 Å². The summed E-state index contributed by atoms with van der Waals surface area (Å²) in [5.74, 6) is 0.521. The minimum Gasteiger partial charge on any atom is -0.482 e. The van der Waals surface area contributed by atoms with Gasteiger partial charge < -0.3 is 19.7 Å². The summed E-state index contributed by atoms with van der Waals surface area (Å²) in [5.41, 5.74) is 2.32. The monoisotopic (exact) mass is 382 g/mol. The number of hydrogen-bond donors (Lipinski definition) is 1. The molecule has 0 spiro atoms. The van der Waals surface area contributed by atoms with Crippen molar-refractivity contribution in [3.05, 3.63) is 59.7 Å². The van der Waals surface area contributed by atoms with Gasteiger partial charge in [-0.3, -0.25) is 9.59 Å². The van der Waals surface area contributed by atoms with Crippen LogP contribution in [0.15, 0.2) is 48.5 Å². The molecular formula is C22H26N2O4. The molecule has 0 atom stereocenters. The summed E-state index contributed by atoms with van der Waals surface area (Å²) in [4.78, 5) is 26.2. The maximum absolute atomic E-state index is 12.3. The van der Waals surface area contributed by atoms with E-state index in [9.17, 15) is 9.59 Å². The van der Waals surface area contributed by atoms with E-state index in [0.29, 0.717) is 31.0 Å². The van der Waals surface area contributed by atoms with Gasteiger partial charge in [0.15, 0.2) is 6.61 Å². The van der Waals surface area contributed by atoms with Crippen molar-refractivity contribution >= 4 is 17.5 Å². The minimum absolute atomic E-state index is 0.0397. The van der Waals surface area contributed by atoms with Crippen LogP contribution in [0.1, 0.15) is 36.2 Å². The minimum atomic E-state index is -0.108. The Morgan fingerprint density at radius 2 is 1.93 bits per heavy atom. The fourth-order valence-corrected chi connectivity index (χ4v) is 2.97. The number of fused-ring (bicyclic) bond motifs is 1. The maximum atomic E-state index is 12.3. The molecule has 0 unspecified atom stereocenters. The van der Waals surface area contributed by atoms with Gasteiger partial charge >= 0.3 is 0 Å². The zero-order chi connectivity index (χ0) is 19.9. The van der Waals surface area contributed by atoms with Crippen LogP contribution in [0.5, 0.6) is 5.75 Å². The van der Waals surface area contributed by atoms with Gasteiger partial charge in [0.1, 0.15) is 5.75 Å². The van der Waals surface area contributed by atoms with Gasteiger partial charge in [0.2, 0.25) is 0 Å². The highest BCUT2D eigenvalue weighted by Gasteiger charge is 2.25. The number of benzene rings is 2. The summed E-state index contributed by atoms with van der Waals surface area (Å²) in [6.07, 6.45) is 0.981. The van der Waals surface area contributed by atoms with Gasteiger partial charge in [0.05, 0.1) is 18.3 Å². The average molecular weight is 382 g/mol. The van der Waals surface area contributed by atoms with Crippen LogP contribution in [0.2, 0.25) is 0 Å². The van der Waals surface area contributed by atoms with Crippen LogP contribution in [-0.4, -0.2) is 37.7 Å². The molecule has 0 fully saturated rings. The Hall–Kier alpha value is -2.86. The molecule has 28 heavy (non-hydrogen) atoms. The van der Waals surface area contributed by atoms with Crippen molar-refractivity contribution < 1.29 is 19.1 Å². The van der Waals surface area contributed by atoms with Gasteiger partial charge in [0.25, 0.3) is 11.8 Å². The largest absolute Gasteiger partial charge is 0.482 e. The zero-order valence-electron chi connectivity index (χ0n) is 16.3. The number of nitrogens with zero attached hydrogens (tertiary/aromatic N) is 1. The number of carbonyl (C=O) groups excluding carboxylic acids is 2. The van der Waals surface area contributed by atoms with Crippen molar-refractivity contribution in [2.24, 2.45) is 0 Å². The number of hydrogen-bond acceptors (Lipinski definition) is 4. The molecule has 0 saturated heterocycles. The number of carbonyl (C=O) groups is 2. The second-order valence-corrected chi connectivity index (χ2v) is 6.96. The van der Waals surface area contributed by atoms with Crippen molar-refractivity contribution in [3.63, 3.8) is 0 Å². The van der Waals surface area contributed by atoms with Crippen molar-refractivity contribution in [1.29, 1.82) is 0 Å². The van der Waals surface area contributed by atoms with Crippen molar-refractivity contribution in [2.75, 3.05) is 24.7 Å². The van der Waals surface area contributed by atoms with Crippen LogP contribution in [0.25, 0.3) is 0 Å². The van der Waals surface area contributed by atoms with E-state index in [1.165, 1.54) is 0 Å². The van der Waals surface area contributed by atoms with Gasteiger partial charge in [-0.15, -0.1) is 0 Å². The lowest BCUT2D eigenvalue weighted by Gasteiger charge is -2.29. The molecule has 1 aliphatic rings. The molecule has 148 valence electrons. The molecular weight excluding hydrogens is 356 g/mol. The zero-order valence-corrected chi connectivity index (χ0v) is 16.3. The predicted molar refractivity (Wildman–Crippen MR) is 108 cm³/mol. The highest BCUT2D eigenvalue weighted by atomic mass is 16.5. The van der Waals surface area contributed by atoms with Gasteiger partial charge in [-0.05, 0) is 50.1 Å². The average Bonchev–Trinajstić information content (AvgIpc) is 2.70. The first-order valence-corrected chi connectivity index (χ1v) is 9.55. The molecule has 2 amide bonds. The topological polar surface area (TPSA) is 67.9 Å². The number of nitrogens with one attached hydrogen (secondary N) is 1. The molecule has 2 aromatic carbocycles. The maximum Gasteiger partial charge on any atom is 0.265 e. The molecule has 0 aromatic heterocycles. The molecule has 0 aliphatic carbocycles. The number of anilines is 1. The van der Waals surface area contributed by atoms with E-state index >= 15 is 0 Å². The molecule has 2 aromatic rings. The lowest BCUT2D eigenvalue weighted by Crippen LogP contribution is -2.38. The summed E-state index contributed by atoms with van der Waals surface area (Å²) in [5, 5.41) is 2.89. The summed E-state index contributed by atoms with van der Waals surface area (Å²) in [6.45, 7) is 5.66. The smallest absolute Gasteiger partial charge is 0.265 e. The fourth-order valence-electron chi connectivity index (χ4n) is 2.97. The quantitative estimate of drug-likeness (QED) is 0.712. The van der Waals surface area contributed by atoms with Gasteiger partial charge in [-0.25, -0.2) is 0 Å². The molecule has 1 aliphatic heterocycles. The summed E-state index contributed by atoms with van der Waals surface area (Å²) < 4.78 is 10.9. The van der Waals surface area contributed by atoms with E-state index in [1.54, 1.807) is 17.0 Å². The standard InChI is InChI=1S/C22H26N2O4/c1-16(2)27-13-5-12-23-22(26)18-10-8-17(9-11-18)14-24-19-6-3-4-7-20(19)28-15-21(24)25/h3-4,6-11,16H,5,12-15H2,1-2H3,(H,23,26). The van der Waals surface area contributed by atoms with Gasteiger partial charge in [0, 0.05) is 18.7 Å². The Labute approximate surface area is 165 Å². The highest BCUT2D eigenvalue weighted by molar-refractivity contribution is 5.98. The molecule has 0 radical (unpaired) electrons. The van der Waals surface area contributed by atoms with Crippen LogP contribution in [-0.2, 0) is 16.1 Å². The third-order valence-electron chi connectivity index (χ3n) is 4.42. The Morgan fingerprint density at radius 1 is 1.18 bits per heavy atom. The van der Waals surface area contributed by atoms with E-state index in [0.717, 1.165) is 17.7 Å². The number of rotatable bonds is 8. The van der Waals surface area contributed by atoms with E-state index in [-0.39, 0.29) is 24.5 Å². The number of amides is 2. The number of para-hydroxylation sites is 2. The van der Waals surface area contributed by atoms with Crippen molar-refractivity contribution in [2.45, 2.75) is 32.9 Å². The van der Waals surface area contributed by atoms with Gasteiger partial charge in [-0.1, -0.05) is 24.3 Å². The summed E-state index contributed by atoms with van der Waals surface area (Å²) in [7, 11) is 0. The van der Waals surface area contributed by atoms with Crippen LogP contribution >= 0.6 is 0 Å². The van der Waals surface area contributed by atoms with E-state index < -0.39 is 0 Å². The van der Waals surface area contributed by atoms with Gasteiger partial charge in [-0.2, -0.15) is 0 Å². The lowest BCUT2D eigenvalue weighted by molar-refractivity contribution is -0.121. The third kappa shape index (κ3) is 5.10. The van der Waals surface area contributed by atoms with E-state index in [1.807, 2.05) is 50.2 Å². The third-order valence-corrected chi connectivity index (χ3v) is 4.42. The second kappa shape index (κ2) is 9.37. The Kier molecular flexibility index (Phi) is 6.66. The molecule has 3 rings (SSSR count). The molecule has 0 bridgehead atoms. The molecule has 6 nitrogen and oxygen atoms in total. The normalized spacial score (nSPS) is 13.2. The molecule has 1 N–H and O–H groups in total. The fraction of sp³-hybridized carbons (Fsp3) is 0.364. The summed E-state index contributed by atoms with van der Waals surface area (Å²) >= 11 is 0. The lowest BCUT2D eigenvalue weighted by atomic mass is 10.1. The molecule has 1 heterocycles. The van der Waals surface area contributed by atoms with Crippen LogP contribution in [0.4, 0.5) is 5.69 Å². The van der Waals surface area contributed by atoms with Crippen molar-refractivity contribution in [3.8, 4) is 5.75 Å². The first-order chi connectivity index (χ1) is 13.5. The van der Waals surface area contributed by atoms with E-state index in [2.05, 4.69) is 5.32 Å². The predicted octanol–water partition coefficient (Wildman–Crippen LogP) is 3.16.